The number of pyridine rings is 3. The Kier molecular flexibility index (Phi) is 10.3. The molecule has 0 aliphatic heterocycles. The van der Waals surface area contributed by atoms with Crippen molar-refractivity contribution in [3.05, 3.63) is 138 Å². The van der Waals surface area contributed by atoms with Gasteiger partial charge >= 0.3 is 0 Å². The van der Waals surface area contributed by atoms with Gasteiger partial charge < -0.3 is 14.4 Å². The standard InChI is InChI=1S/C30H29N2O.C11H8N.Ir/c1-6-30(5,7-2)21-14-16-25(31-18-21)24-13-9-12-22-23-15-17-26(32-29(23)33-28(22)24)27-19(3)10-8-11-20(27)4;1-2-6-10(7-3-1)11-8-4-5-9-12-11;/h8-12,14-18H,6-7H2,1-5H3;1-6,8-9H;/q2*-1;. The summed E-state index contributed by atoms with van der Waals surface area (Å²) in [6.45, 7) is 11.0. The summed E-state index contributed by atoms with van der Waals surface area (Å²) in [6.07, 6.45) is 5.97. The predicted molar refractivity (Wildman–Crippen MR) is 185 cm³/mol. The van der Waals surface area contributed by atoms with Gasteiger partial charge in [0.25, 0.3) is 0 Å². The van der Waals surface area contributed by atoms with Gasteiger partial charge in [-0.2, -0.15) is 0 Å². The van der Waals surface area contributed by atoms with Gasteiger partial charge in [-0.05, 0) is 78.4 Å². The molecule has 4 aromatic heterocycles. The Balaban J connectivity index is 0.000000269. The van der Waals surface area contributed by atoms with Crippen LogP contribution in [0.1, 0.15) is 50.3 Å². The SMILES string of the molecule is CCC(C)(CC)c1ccc(-c2[c-]ccc3c2oc2nc(-c4c(C)cccc4C)ccc23)nc1.[Ir].[c-]1ccccc1-c1ccccn1. The van der Waals surface area contributed by atoms with Crippen molar-refractivity contribution in [2.45, 2.75) is 52.9 Å². The minimum Gasteiger partial charge on any atom is -0.486 e. The van der Waals surface area contributed by atoms with Crippen LogP contribution in [0.2, 0.25) is 0 Å². The Morgan fingerprint density at radius 3 is 2.11 bits per heavy atom. The topological polar surface area (TPSA) is 51.8 Å². The minimum atomic E-state index is 0. The summed E-state index contributed by atoms with van der Waals surface area (Å²) in [6, 6.07) is 39.0. The van der Waals surface area contributed by atoms with Crippen molar-refractivity contribution in [1.29, 1.82) is 0 Å². The molecule has 4 nitrogen and oxygen atoms in total. The molecule has 7 rings (SSSR count). The van der Waals surface area contributed by atoms with E-state index in [0.29, 0.717) is 5.71 Å². The van der Waals surface area contributed by atoms with E-state index in [2.05, 4.69) is 94.2 Å². The zero-order valence-corrected chi connectivity index (χ0v) is 29.3. The van der Waals surface area contributed by atoms with Crippen molar-refractivity contribution in [2.75, 3.05) is 0 Å². The first-order chi connectivity index (χ1) is 21.9. The van der Waals surface area contributed by atoms with E-state index >= 15 is 0 Å². The van der Waals surface area contributed by atoms with Crippen LogP contribution < -0.4 is 0 Å². The molecule has 0 atom stereocenters. The minimum absolute atomic E-state index is 0. The molecule has 0 fully saturated rings. The molecule has 46 heavy (non-hydrogen) atoms. The molecule has 3 aromatic carbocycles. The number of hydrogen-bond acceptors (Lipinski definition) is 4. The number of rotatable bonds is 6. The average Bonchev–Trinajstić information content (AvgIpc) is 3.47. The van der Waals surface area contributed by atoms with Gasteiger partial charge in [0, 0.05) is 43.4 Å². The molecular weight excluding hydrogens is 743 g/mol. The second-order valence-electron chi connectivity index (χ2n) is 11.7. The van der Waals surface area contributed by atoms with Gasteiger partial charge in [-0.3, -0.25) is 0 Å². The van der Waals surface area contributed by atoms with Gasteiger partial charge in [-0.15, -0.1) is 54.1 Å². The van der Waals surface area contributed by atoms with Crippen molar-refractivity contribution in [1.82, 2.24) is 15.0 Å². The van der Waals surface area contributed by atoms with Crippen LogP contribution in [-0.4, -0.2) is 15.0 Å². The molecule has 0 unspecified atom stereocenters. The number of fused-ring (bicyclic) bond motifs is 3. The largest absolute Gasteiger partial charge is 0.486 e. The Morgan fingerprint density at radius 1 is 0.696 bits per heavy atom. The molecule has 1 radical (unpaired) electrons. The predicted octanol–water partition coefficient (Wildman–Crippen LogP) is 10.8. The molecule has 0 aliphatic rings. The van der Waals surface area contributed by atoms with Gasteiger partial charge in [-0.1, -0.05) is 74.2 Å². The van der Waals surface area contributed by atoms with E-state index in [0.717, 1.165) is 57.4 Å². The molecule has 0 bridgehead atoms. The van der Waals surface area contributed by atoms with Crippen LogP contribution in [-0.2, 0) is 25.5 Å². The van der Waals surface area contributed by atoms with Crippen LogP contribution in [0.3, 0.4) is 0 Å². The summed E-state index contributed by atoms with van der Waals surface area (Å²) in [4.78, 5) is 13.9. The second-order valence-corrected chi connectivity index (χ2v) is 11.7. The van der Waals surface area contributed by atoms with Crippen LogP contribution in [0.5, 0.6) is 0 Å². The van der Waals surface area contributed by atoms with Crippen LogP contribution in [0.15, 0.2) is 114 Å². The Bertz CT molecular complexity index is 1990. The van der Waals surface area contributed by atoms with Crippen LogP contribution in [0, 0.1) is 26.0 Å². The molecule has 0 saturated carbocycles. The third kappa shape index (κ3) is 6.58. The van der Waals surface area contributed by atoms with E-state index in [1.165, 1.54) is 22.3 Å². The molecule has 0 amide bonds. The van der Waals surface area contributed by atoms with Crippen LogP contribution in [0.4, 0.5) is 0 Å². The normalized spacial score (nSPS) is 11.2. The van der Waals surface area contributed by atoms with E-state index in [1.807, 2.05) is 60.8 Å². The number of furan rings is 1. The van der Waals surface area contributed by atoms with E-state index < -0.39 is 0 Å². The number of hydrogen-bond donors (Lipinski definition) is 0. The van der Waals surface area contributed by atoms with E-state index in [1.54, 1.807) is 6.20 Å². The van der Waals surface area contributed by atoms with Gasteiger partial charge in [0.2, 0.25) is 5.71 Å². The third-order valence-electron chi connectivity index (χ3n) is 8.96. The first-order valence-corrected chi connectivity index (χ1v) is 15.6. The summed E-state index contributed by atoms with van der Waals surface area (Å²) in [5.41, 5.74) is 11.1. The first kappa shape index (κ1) is 32.9. The zero-order chi connectivity index (χ0) is 31.4. The van der Waals surface area contributed by atoms with Crippen molar-refractivity contribution < 1.29 is 24.5 Å². The summed E-state index contributed by atoms with van der Waals surface area (Å²) in [5, 5.41) is 2.05. The van der Waals surface area contributed by atoms with Gasteiger partial charge in [0.1, 0.15) is 0 Å². The number of aryl methyl sites for hydroxylation is 2. The van der Waals surface area contributed by atoms with E-state index in [-0.39, 0.29) is 25.5 Å². The van der Waals surface area contributed by atoms with Crippen molar-refractivity contribution in [3.63, 3.8) is 0 Å². The number of nitrogens with zero attached hydrogens (tertiary/aromatic N) is 3. The fourth-order valence-corrected chi connectivity index (χ4v) is 5.80. The van der Waals surface area contributed by atoms with Gasteiger partial charge in [-0.25, -0.2) is 4.98 Å². The maximum Gasteiger partial charge on any atom is 0.216 e. The fourth-order valence-electron chi connectivity index (χ4n) is 5.80. The third-order valence-corrected chi connectivity index (χ3v) is 8.96. The number of benzene rings is 3. The summed E-state index contributed by atoms with van der Waals surface area (Å²) in [5.74, 6) is 0. The first-order valence-electron chi connectivity index (χ1n) is 15.6. The van der Waals surface area contributed by atoms with E-state index in [9.17, 15) is 0 Å². The zero-order valence-electron chi connectivity index (χ0n) is 26.9. The quantitative estimate of drug-likeness (QED) is 0.158. The molecule has 0 N–H and O–H groups in total. The monoisotopic (exact) mass is 780 g/mol. The van der Waals surface area contributed by atoms with Crippen molar-refractivity contribution in [2.24, 2.45) is 0 Å². The molecule has 0 aliphatic carbocycles. The smallest absolute Gasteiger partial charge is 0.216 e. The van der Waals surface area contributed by atoms with Crippen LogP contribution >= 0.6 is 0 Å². The molecule has 0 saturated heterocycles. The molecule has 4 heterocycles. The Hall–Kier alpha value is -4.44. The Morgan fingerprint density at radius 2 is 1.46 bits per heavy atom. The van der Waals surface area contributed by atoms with Gasteiger partial charge in [0.05, 0.1) is 11.3 Å². The molecule has 233 valence electrons. The second kappa shape index (κ2) is 14.3. The summed E-state index contributed by atoms with van der Waals surface area (Å²) >= 11 is 0. The molecular formula is C41H37IrN3O-2. The van der Waals surface area contributed by atoms with Crippen LogP contribution in [0.25, 0.3) is 55.8 Å². The fraction of sp³-hybridized carbons (Fsp3) is 0.195. The Labute approximate surface area is 285 Å². The maximum atomic E-state index is 6.34. The van der Waals surface area contributed by atoms with Gasteiger partial charge in [0.15, 0.2) is 0 Å². The number of aromatic nitrogens is 3. The molecule has 5 heteroatoms. The average molecular weight is 780 g/mol. The summed E-state index contributed by atoms with van der Waals surface area (Å²) < 4.78 is 6.34. The van der Waals surface area contributed by atoms with E-state index in [4.69, 9.17) is 14.4 Å². The molecule has 7 aromatic rings. The van der Waals surface area contributed by atoms with Crippen molar-refractivity contribution >= 4 is 22.1 Å². The summed E-state index contributed by atoms with van der Waals surface area (Å²) in [7, 11) is 0. The van der Waals surface area contributed by atoms with Crippen molar-refractivity contribution in [3.8, 4) is 33.8 Å². The maximum absolute atomic E-state index is 6.34. The molecule has 0 spiro atoms.